The number of hydrogen-bond donors (Lipinski definition) is 1. The van der Waals surface area contributed by atoms with Crippen LogP contribution >= 0.6 is 0 Å². The Bertz CT molecular complexity index is 553. The van der Waals surface area contributed by atoms with Crippen LogP contribution in [0.4, 0.5) is 0 Å². The first-order chi connectivity index (χ1) is 9.34. The predicted octanol–water partition coefficient (Wildman–Crippen LogP) is 2.62. The number of carbonyl (C=O) groups excluding carboxylic acids is 1. The SMILES string of the molecule is O=C1CN[C@@H](c2ccccc2)[C@H](c2ccccc2)O1. The van der Waals surface area contributed by atoms with Gasteiger partial charge in [0.1, 0.15) is 6.10 Å². The Kier molecular flexibility index (Phi) is 3.29. The Morgan fingerprint density at radius 3 is 2.11 bits per heavy atom. The van der Waals surface area contributed by atoms with E-state index in [1.807, 2.05) is 60.7 Å². The lowest BCUT2D eigenvalue weighted by molar-refractivity contribution is -0.155. The molecule has 19 heavy (non-hydrogen) atoms. The van der Waals surface area contributed by atoms with E-state index < -0.39 is 0 Å². The first-order valence-electron chi connectivity index (χ1n) is 6.37. The number of cyclic esters (lactones) is 1. The number of ether oxygens (including phenoxy) is 1. The number of nitrogens with one attached hydrogen (secondary N) is 1. The van der Waals surface area contributed by atoms with E-state index in [1.54, 1.807) is 0 Å². The van der Waals surface area contributed by atoms with Crippen molar-refractivity contribution in [3.63, 3.8) is 0 Å². The highest BCUT2D eigenvalue weighted by molar-refractivity contribution is 5.73. The molecule has 3 heteroatoms. The van der Waals surface area contributed by atoms with Gasteiger partial charge in [0.2, 0.25) is 0 Å². The lowest BCUT2D eigenvalue weighted by Crippen LogP contribution is -2.40. The summed E-state index contributed by atoms with van der Waals surface area (Å²) in [6, 6.07) is 19.9. The van der Waals surface area contributed by atoms with Gasteiger partial charge in [-0.15, -0.1) is 0 Å². The van der Waals surface area contributed by atoms with Crippen molar-refractivity contribution in [3.05, 3.63) is 71.8 Å². The second-order valence-corrected chi connectivity index (χ2v) is 4.59. The molecule has 96 valence electrons. The average molecular weight is 253 g/mol. The van der Waals surface area contributed by atoms with Gasteiger partial charge in [0.25, 0.3) is 0 Å². The molecule has 0 aromatic heterocycles. The van der Waals surface area contributed by atoms with Crippen LogP contribution < -0.4 is 5.32 Å². The highest BCUT2D eigenvalue weighted by Crippen LogP contribution is 2.34. The molecular weight excluding hydrogens is 238 g/mol. The zero-order chi connectivity index (χ0) is 13.1. The Hall–Kier alpha value is -2.13. The maximum Gasteiger partial charge on any atom is 0.320 e. The fourth-order valence-electron chi connectivity index (χ4n) is 2.41. The van der Waals surface area contributed by atoms with Gasteiger partial charge in [0.05, 0.1) is 12.6 Å². The first-order valence-corrected chi connectivity index (χ1v) is 6.37. The second-order valence-electron chi connectivity index (χ2n) is 4.59. The molecule has 2 aromatic rings. The minimum Gasteiger partial charge on any atom is -0.454 e. The van der Waals surface area contributed by atoms with Crippen LogP contribution in [0, 0.1) is 0 Å². The zero-order valence-electron chi connectivity index (χ0n) is 10.5. The molecule has 1 aliphatic heterocycles. The lowest BCUT2D eigenvalue weighted by atomic mass is 9.94. The smallest absolute Gasteiger partial charge is 0.320 e. The van der Waals surface area contributed by atoms with Crippen LogP contribution in [0.5, 0.6) is 0 Å². The van der Waals surface area contributed by atoms with Crippen LogP contribution in [0.1, 0.15) is 23.3 Å². The number of esters is 1. The molecule has 0 spiro atoms. The summed E-state index contributed by atoms with van der Waals surface area (Å²) in [4.78, 5) is 11.5. The number of rotatable bonds is 2. The molecule has 2 atom stereocenters. The van der Waals surface area contributed by atoms with Crippen LogP contribution in [0.25, 0.3) is 0 Å². The third-order valence-electron chi connectivity index (χ3n) is 3.31. The predicted molar refractivity (Wildman–Crippen MR) is 72.5 cm³/mol. The molecule has 2 aromatic carbocycles. The van der Waals surface area contributed by atoms with Crippen LogP contribution in [0.15, 0.2) is 60.7 Å². The molecule has 0 aliphatic carbocycles. The Morgan fingerprint density at radius 1 is 0.895 bits per heavy atom. The number of hydrogen-bond acceptors (Lipinski definition) is 3. The van der Waals surface area contributed by atoms with Crippen molar-refractivity contribution in [2.24, 2.45) is 0 Å². The van der Waals surface area contributed by atoms with Gasteiger partial charge >= 0.3 is 5.97 Å². The third kappa shape index (κ3) is 2.51. The van der Waals surface area contributed by atoms with Crippen LogP contribution in [0.2, 0.25) is 0 Å². The van der Waals surface area contributed by atoms with Crippen molar-refractivity contribution in [3.8, 4) is 0 Å². The van der Waals surface area contributed by atoms with Gasteiger partial charge in [0, 0.05) is 0 Å². The summed E-state index contributed by atoms with van der Waals surface area (Å²) in [7, 11) is 0. The van der Waals surface area contributed by atoms with Crippen molar-refractivity contribution in [1.29, 1.82) is 0 Å². The van der Waals surface area contributed by atoms with Crippen molar-refractivity contribution >= 4 is 5.97 Å². The fourth-order valence-corrected chi connectivity index (χ4v) is 2.41. The summed E-state index contributed by atoms with van der Waals surface area (Å²) in [5.41, 5.74) is 2.14. The Balaban J connectivity index is 1.95. The van der Waals surface area contributed by atoms with Gasteiger partial charge in [-0.1, -0.05) is 60.7 Å². The van der Waals surface area contributed by atoms with E-state index in [0.29, 0.717) is 0 Å². The van der Waals surface area contributed by atoms with E-state index in [0.717, 1.165) is 11.1 Å². The van der Waals surface area contributed by atoms with E-state index >= 15 is 0 Å². The quantitative estimate of drug-likeness (QED) is 0.836. The van der Waals surface area contributed by atoms with E-state index in [-0.39, 0.29) is 24.7 Å². The van der Waals surface area contributed by atoms with Crippen molar-refractivity contribution in [2.45, 2.75) is 12.1 Å². The summed E-state index contributed by atoms with van der Waals surface area (Å²) in [5.74, 6) is -0.207. The number of morpholine rings is 1. The number of benzene rings is 2. The Labute approximate surface area is 112 Å². The molecule has 1 N–H and O–H groups in total. The third-order valence-corrected chi connectivity index (χ3v) is 3.31. The van der Waals surface area contributed by atoms with Gasteiger partial charge < -0.3 is 4.74 Å². The topological polar surface area (TPSA) is 38.3 Å². The minimum atomic E-state index is -0.273. The molecule has 0 bridgehead atoms. The summed E-state index contributed by atoms with van der Waals surface area (Å²) in [5, 5.41) is 3.26. The van der Waals surface area contributed by atoms with Gasteiger partial charge in [-0.2, -0.15) is 0 Å². The molecule has 1 heterocycles. The molecule has 0 unspecified atom stereocenters. The van der Waals surface area contributed by atoms with E-state index in [1.165, 1.54) is 0 Å². The second kappa shape index (κ2) is 5.24. The summed E-state index contributed by atoms with van der Waals surface area (Å²) < 4.78 is 5.54. The highest BCUT2D eigenvalue weighted by atomic mass is 16.5. The molecule has 0 amide bonds. The summed E-state index contributed by atoms with van der Waals surface area (Å²) >= 11 is 0. The van der Waals surface area contributed by atoms with Gasteiger partial charge in [-0.25, -0.2) is 0 Å². The highest BCUT2D eigenvalue weighted by Gasteiger charge is 2.32. The molecule has 1 saturated heterocycles. The van der Waals surface area contributed by atoms with Crippen LogP contribution in [0.3, 0.4) is 0 Å². The molecule has 0 saturated carbocycles. The van der Waals surface area contributed by atoms with E-state index in [4.69, 9.17) is 4.74 Å². The average Bonchev–Trinajstić information content (AvgIpc) is 2.49. The van der Waals surface area contributed by atoms with E-state index in [9.17, 15) is 4.79 Å². The van der Waals surface area contributed by atoms with Gasteiger partial charge in [-0.3, -0.25) is 10.1 Å². The summed E-state index contributed by atoms with van der Waals surface area (Å²) in [6.07, 6.45) is -0.273. The minimum absolute atomic E-state index is 0.00120. The summed E-state index contributed by atoms with van der Waals surface area (Å²) in [6.45, 7) is 0.253. The molecule has 3 rings (SSSR count). The van der Waals surface area contributed by atoms with E-state index in [2.05, 4.69) is 5.32 Å². The number of carbonyl (C=O) groups is 1. The fraction of sp³-hybridized carbons (Fsp3) is 0.188. The maximum atomic E-state index is 11.5. The lowest BCUT2D eigenvalue weighted by Gasteiger charge is -2.32. The largest absolute Gasteiger partial charge is 0.454 e. The van der Waals surface area contributed by atoms with Crippen molar-refractivity contribution in [2.75, 3.05) is 6.54 Å². The molecule has 3 nitrogen and oxygen atoms in total. The van der Waals surface area contributed by atoms with Gasteiger partial charge in [-0.05, 0) is 11.1 Å². The molecule has 0 radical (unpaired) electrons. The molecule has 1 aliphatic rings. The van der Waals surface area contributed by atoms with Crippen molar-refractivity contribution < 1.29 is 9.53 Å². The maximum absolute atomic E-state index is 11.5. The standard InChI is InChI=1S/C16H15NO2/c18-14-11-17-15(12-7-3-1-4-8-12)16(19-14)13-9-5-2-6-10-13/h1-10,15-17H,11H2/t15-,16-/m0/s1. The monoisotopic (exact) mass is 253 g/mol. The first kappa shape index (κ1) is 11.9. The van der Waals surface area contributed by atoms with Crippen molar-refractivity contribution in [1.82, 2.24) is 5.32 Å². The molecular formula is C16H15NO2. The van der Waals surface area contributed by atoms with Crippen LogP contribution in [-0.4, -0.2) is 12.5 Å². The van der Waals surface area contributed by atoms with Gasteiger partial charge in [0.15, 0.2) is 0 Å². The zero-order valence-corrected chi connectivity index (χ0v) is 10.5. The molecule has 1 fully saturated rings. The Morgan fingerprint density at radius 2 is 1.47 bits per heavy atom. The normalized spacial score (nSPS) is 22.8. The van der Waals surface area contributed by atoms with Crippen LogP contribution in [-0.2, 0) is 9.53 Å².